The monoisotopic (exact) mass is 332 g/mol. The SMILES string of the molecule is CCOC[C@@H](NC(=O)c1ccc(Cn2ccccc2=O)o1)C(C)C. The molecule has 24 heavy (non-hydrogen) atoms. The van der Waals surface area contributed by atoms with Crippen LogP contribution < -0.4 is 10.9 Å². The number of carbonyl (C=O) groups is 1. The molecule has 0 radical (unpaired) electrons. The molecule has 6 nitrogen and oxygen atoms in total. The molecule has 6 heteroatoms. The van der Waals surface area contributed by atoms with Crippen molar-refractivity contribution in [3.05, 3.63) is 58.4 Å². The molecule has 0 bridgehead atoms. The number of nitrogens with zero attached hydrogens (tertiary/aromatic N) is 1. The molecule has 0 fully saturated rings. The quantitative estimate of drug-likeness (QED) is 0.805. The summed E-state index contributed by atoms with van der Waals surface area (Å²) >= 11 is 0. The van der Waals surface area contributed by atoms with Crippen molar-refractivity contribution in [1.82, 2.24) is 9.88 Å². The van der Waals surface area contributed by atoms with Crippen molar-refractivity contribution >= 4 is 5.91 Å². The predicted octanol–water partition coefficient (Wildman–Crippen LogP) is 2.28. The van der Waals surface area contributed by atoms with Crippen LogP contribution in [0.3, 0.4) is 0 Å². The van der Waals surface area contributed by atoms with Crippen LogP contribution >= 0.6 is 0 Å². The maximum absolute atomic E-state index is 12.3. The second-order valence-corrected chi connectivity index (χ2v) is 5.92. The number of hydrogen-bond donors (Lipinski definition) is 1. The Kier molecular flexibility index (Phi) is 6.37. The summed E-state index contributed by atoms with van der Waals surface area (Å²) in [5.41, 5.74) is -0.114. The number of carbonyl (C=O) groups excluding carboxylic acids is 1. The van der Waals surface area contributed by atoms with Crippen LogP contribution in [0.15, 0.2) is 45.7 Å². The zero-order valence-electron chi connectivity index (χ0n) is 14.3. The van der Waals surface area contributed by atoms with Gasteiger partial charge in [0.05, 0.1) is 19.2 Å². The minimum atomic E-state index is -0.278. The van der Waals surface area contributed by atoms with Crippen molar-refractivity contribution in [2.45, 2.75) is 33.4 Å². The van der Waals surface area contributed by atoms with Crippen LogP contribution in [0.2, 0.25) is 0 Å². The first kappa shape index (κ1) is 18.0. The molecule has 1 N–H and O–H groups in total. The van der Waals surface area contributed by atoms with E-state index in [1.807, 2.05) is 20.8 Å². The lowest BCUT2D eigenvalue weighted by molar-refractivity contribution is 0.0782. The summed E-state index contributed by atoms with van der Waals surface area (Å²) in [5.74, 6) is 0.758. The zero-order valence-corrected chi connectivity index (χ0v) is 14.3. The van der Waals surface area contributed by atoms with E-state index in [4.69, 9.17) is 9.15 Å². The fraction of sp³-hybridized carbons (Fsp3) is 0.444. The van der Waals surface area contributed by atoms with E-state index in [2.05, 4.69) is 5.32 Å². The van der Waals surface area contributed by atoms with Gasteiger partial charge in [-0.1, -0.05) is 19.9 Å². The minimum absolute atomic E-state index is 0.0808. The van der Waals surface area contributed by atoms with Crippen molar-refractivity contribution in [2.75, 3.05) is 13.2 Å². The summed E-state index contributed by atoms with van der Waals surface area (Å²) in [6.07, 6.45) is 1.68. The van der Waals surface area contributed by atoms with Crippen molar-refractivity contribution in [3.63, 3.8) is 0 Å². The van der Waals surface area contributed by atoms with Gasteiger partial charge in [-0.2, -0.15) is 0 Å². The molecular weight excluding hydrogens is 308 g/mol. The molecule has 0 saturated carbocycles. The van der Waals surface area contributed by atoms with Crippen molar-refractivity contribution < 1.29 is 13.9 Å². The van der Waals surface area contributed by atoms with Crippen LogP contribution in [0.1, 0.15) is 37.1 Å². The molecule has 2 heterocycles. The average Bonchev–Trinajstić information content (AvgIpc) is 3.02. The molecule has 2 aromatic heterocycles. The van der Waals surface area contributed by atoms with Gasteiger partial charge >= 0.3 is 0 Å². The number of ether oxygens (including phenoxy) is 1. The molecule has 1 atom stereocenters. The molecule has 0 unspecified atom stereocenters. The lowest BCUT2D eigenvalue weighted by Crippen LogP contribution is -2.41. The molecule has 0 aromatic carbocycles. The van der Waals surface area contributed by atoms with Gasteiger partial charge in [0.15, 0.2) is 5.76 Å². The molecule has 0 aliphatic carbocycles. The molecule has 1 amide bonds. The highest BCUT2D eigenvalue weighted by Gasteiger charge is 2.19. The van der Waals surface area contributed by atoms with Gasteiger partial charge < -0.3 is 19.0 Å². The zero-order chi connectivity index (χ0) is 17.5. The van der Waals surface area contributed by atoms with E-state index in [1.165, 1.54) is 10.6 Å². The molecule has 130 valence electrons. The van der Waals surface area contributed by atoms with E-state index in [0.29, 0.717) is 25.5 Å². The topological polar surface area (TPSA) is 73.5 Å². The molecule has 0 aliphatic heterocycles. The third-order valence-corrected chi connectivity index (χ3v) is 3.73. The Balaban J connectivity index is 2.02. The Morgan fingerprint density at radius 3 is 2.75 bits per heavy atom. The normalized spacial score (nSPS) is 12.3. The number of amides is 1. The van der Waals surface area contributed by atoms with Crippen LogP contribution in [-0.4, -0.2) is 29.7 Å². The van der Waals surface area contributed by atoms with Crippen LogP contribution in [0.5, 0.6) is 0 Å². The number of hydrogen-bond acceptors (Lipinski definition) is 4. The average molecular weight is 332 g/mol. The molecule has 2 rings (SSSR count). The molecule has 0 aliphatic rings. The highest BCUT2D eigenvalue weighted by atomic mass is 16.5. The number of pyridine rings is 1. The maximum atomic E-state index is 12.3. The largest absolute Gasteiger partial charge is 0.454 e. The summed E-state index contributed by atoms with van der Waals surface area (Å²) in [4.78, 5) is 24.0. The first-order valence-electron chi connectivity index (χ1n) is 8.14. The van der Waals surface area contributed by atoms with Crippen molar-refractivity contribution in [3.8, 4) is 0 Å². The van der Waals surface area contributed by atoms with Gasteiger partial charge in [0.2, 0.25) is 0 Å². The molecule has 0 saturated heterocycles. The van der Waals surface area contributed by atoms with Gasteiger partial charge in [-0.25, -0.2) is 0 Å². The third kappa shape index (κ3) is 4.83. The van der Waals surface area contributed by atoms with Gasteiger partial charge in [-0.15, -0.1) is 0 Å². The predicted molar refractivity (Wildman–Crippen MR) is 91.1 cm³/mol. The Morgan fingerprint density at radius 1 is 1.29 bits per heavy atom. The lowest BCUT2D eigenvalue weighted by atomic mass is 10.1. The van der Waals surface area contributed by atoms with E-state index in [-0.39, 0.29) is 29.2 Å². The van der Waals surface area contributed by atoms with E-state index < -0.39 is 0 Å². The third-order valence-electron chi connectivity index (χ3n) is 3.73. The smallest absolute Gasteiger partial charge is 0.287 e. The van der Waals surface area contributed by atoms with Gasteiger partial charge in [0.25, 0.3) is 11.5 Å². The first-order chi connectivity index (χ1) is 11.5. The highest BCUT2D eigenvalue weighted by molar-refractivity contribution is 5.91. The van der Waals surface area contributed by atoms with Crippen molar-refractivity contribution in [1.29, 1.82) is 0 Å². The fourth-order valence-corrected chi connectivity index (χ4v) is 2.23. The number of rotatable bonds is 8. The Bertz CT molecular complexity index is 718. The molecule has 2 aromatic rings. The second kappa shape index (κ2) is 8.49. The van der Waals surface area contributed by atoms with Crippen molar-refractivity contribution in [2.24, 2.45) is 5.92 Å². The summed E-state index contributed by atoms with van der Waals surface area (Å²) in [6.45, 7) is 7.34. The molecular formula is C18H24N2O4. The summed E-state index contributed by atoms with van der Waals surface area (Å²) in [5, 5.41) is 2.93. The summed E-state index contributed by atoms with van der Waals surface area (Å²) in [7, 11) is 0. The Labute approximate surface area is 141 Å². The standard InChI is InChI=1S/C18H24N2O4/c1-4-23-12-15(13(2)3)19-18(22)16-9-8-14(24-16)11-20-10-6-5-7-17(20)21/h5-10,13,15H,4,11-12H2,1-3H3,(H,19,22)/t15-/m1/s1. The van der Waals surface area contributed by atoms with Gasteiger partial charge in [-0.05, 0) is 31.0 Å². The van der Waals surface area contributed by atoms with Crippen LogP contribution in [0, 0.1) is 5.92 Å². The Hall–Kier alpha value is -2.34. The van der Waals surface area contributed by atoms with E-state index in [0.717, 1.165) is 0 Å². The number of furan rings is 1. The van der Waals surface area contributed by atoms with Gasteiger partial charge in [0.1, 0.15) is 5.76 Å². The van der Waals surface area contributed by atoms with E-state index in [1.54, 1.807) is 30.5 Å². The van der Waals surface area contributed by atoms with Gasteiger partial charge in [-0.3, -0.25) is 9.59 Å². The first-order valence-corrected chi connectivity index (χ1v) is 8.14. The number of nitrogens with one attached hydrogen (secondary N) is 1. The van der Waals surface area contributed by atoms with Crippen LogP contribution in [0.25, 0.3) is 0 Å². The lowest BCUT2D eigenvalue weighted by Gasteiger charge is -2.21. The van der Waals surface area contributed by atoms with E-state index >= 15 is 0 Å². The summed E-state index contributed by atoms with van der Waals surface area (Å²) in [6, 6.07) is 8.20. The fourth-order valence-electron chi connectivity index (χ4n) is 2.23. The maximum Gasteiger partial charge on any atom is 0.287 e. The minimum Gasteiger partial charge on any atom is -0.454 e. The second-order valence-electron chi connectivity index (χ2n) is 5.92. The Morgan fingerprint density at radius 2 is 2.08 bits per heavy atom. The summed E-state index contributed by atoms with van der Waals surface area (Å²) < 4.78 is 12.5. The van der Waals surface area contributed by atoms with Crippen LogP contribution in [0.4, 0.5) is 0 Å². The molecule has 0 spiro atoms. The van der Waals surface area contributed by atoms with Crippen LogP contribution in [-0.2, 0) is 11.3 Å². The highest BCUT2D eigenvalue weighted by Crippen LogP contribution is 2.11. The van der Waals surface area contributed by atoms with Gasteiger partial charge in [0, 0.05) is 18.9 Å². The number of aromatic nitrogens is 1. The van der Waals surface area contributed by atoms with E-state index in [9.17, 15) is 9.59 Å².